The molecule has 0 aromatic heterocycles. The van der Waals surface area contributed by atoms with E-state index in [1.54, 1.807) is 0 Å². The second-order valence-corrected chi connectivity index (χ2v) is 4.42. The molecule has 0 N–H and O–H groups in total. The molecule has 1 fully saturated rings. The molecule has 1 saturated heterocycles. The molecule has 0 saturated carbocycles. The molecule has 2 nitrogen and oxygen atoms in total. The van der Waals surface area contributed by atoms with Crippen LogP contribution in [-0.2, 0) is 0 Å². The first-order valence-electron chi connectivity index (χ1n) is 5.49. The molecule has 1 atom stereocenters. The minimum Gasteiger partial charge on any atom is -0.295 e. The van der Waals surface area contributed by atoms with Crippen molar-refractivity contribution in [3.8, 4) is 0 Å². The van der Waals surface area contributed by atoms with Gasteiger partial charge in [-0.1, -0.05) is 13.8 Å². The average molecular weight is 182 g/mol. The zero-order valence-electron chi connectivity index (χ0n) is 9.16. The summed E-state index contributed by atoms with van der Waals surface area (Å²) in [5.41, 5.74) is 0. The van der Waals surface area contributed by atoms with Crippen LogP contribution in [0.25, 0.3) is 0 Å². The Balaban J connectivity index is 2.15. The summed E-state index contributed by atoms with van der Waals surface area (Å²) in [5.74, 6) is 0.794. The Kier molecular flexibility index (Phi) is 4.26. The minimum atomic E-state index is 0.662. The predicted octanol–water partition coefficient (Wildman–Crippen LogP) is 2.89. The highest BCUT2D eigenvalue weighted by molar-refractivity contribution is 5.56. The number of rotatable bonds is 4. The van der Waals surface area contributed by atoms with Crippen LogP contribution in [0.2, 0.25) is 0 Å². The molecule has 1 aliphatic heterocycles. The second kappa shape index (κ2) is 5.25. The molecule has 1 rings (SSSR count). The van der Waals surface area contributed by atoms with E-state index in [9.17, 15) is 0 Å². The predicted molar refractivity (Wildman–Crippen MR) is 58.0 cm³/mol. The fraction of sp³-hybridized carbons (Fsp3) is 0.909. The molecular formula is C11H22N2. The molecule has 0 bridgehead atoms. The van der Waals surface area contributed by atoms with E-state index in [1.165, 1.54) is 19.3 Å². The highest BCUT2D eigenvalue weighted by atomic mass is 15.5. The normalized spacial score (nSPS) is 23.7. The van der Waals surface area contributed by atoms with E-state index in [0.717, 1.165) is 18.9 Å². The van der Waals surface area contributed by atoms with E-state index in [1.807, 2.05) is 0 Å². The monoisotopic (exact) mass is 182 g/mol. The molecule has 1 heterocycles. The van der Waals surface area contributed by atoms with Crippen molar-refractivity contribution in [1.29, 1.82) is 0 Å². The lowest BCUT2D eigenvalue weighted by Gasteiger charge is -2.16. The molecule has 0 spiro atoms. The van der Waals surface area contributed by atoms with Crippen molar-refractivity contribution >= 4 is 6.21 Å². The number of nitrogens with zero attached hydrogens (tertiary/aromatic N) is 2. The van der Waals surface area contributed by atoms with Crippen molar-refractivity contribution in [2.24, 2.45) is 11.0 Å². The van der Waals surface area contributed by atoms with Gasteiger partial charge in [0.15, 0.2) is 0 Å². The Bertz CT molecular complexity index is 163. The molecule has 13 heavy (non-hydrogen) atoms. The third-order valence-electron chi connectivity index (χ3n) is 2.62. The summed E-state index contributed by atoms with van der Waals surface area (Å²) in [6, 6.07) is 0.662. The molecule has 2 heteroatoms. The maximum Gasteiger partial charge on any atom is 0.0443 e. The maximum atomic E-state index is 4.48. The van der Waals surface area contributed by atoms with Gasteiger partial charge >= 0.3 is 0 Å². The van der Waals surface area contributed by atoms with Crippen LogP contribution in [-0.4, -0.2) is 23.8 Å². The van der Waals surface area contributed by atoms with Gasteiger partial charge in [0.25, 0.3) is 0 Å². The van der Waals surface area contributed by atoms with Gasteiger partial charge in [-0.3, -0.25) is 5.01 Å². The summed E-state index contributed by atoms with van der Waals surface area (Å²) < 4.78 is 0. The van der Waals surface area contributed by atoms with Gasteiger partial charge in [0.1, 0.15) is 0 Å². The maximum absolute atomic E-state index is 4.48. The Morgan fingerprint density at radius 3 is 2.85 bits per heavy atom. The highest BCUT2D eigenvalue weighted by Gasteiger charge is 2.17. The van der Waals surface area contributed by atoms with Crippen LogP contribution < -0.4 is 0 Å². The minimum absolute atomic E-state index is 0.662. The lowest BCUT2D eigenvalue weighted by Crippen LogP contribution is -2.20. The van der Waals surface area contributed by atoms with Crippen molar-refractivity contribution in [3.63, 3.8) is 0 Å². The molecule has 0 amide bonds. The first-order valence-corrected chi connectivity index (χ1v) is 5.49. The fourth-order valence-corrected chi connectivity index (χ4v) is 1.66. The van der Waals surface area contributed by atoms with Gasteiger partial charge in [0, 0.05) is 18.8 Å². The third-order valence-corrected chi connectivity index (χ3v) is 2.62. The second-order valence-electron chi connectivity index (χ2n) is 4.42. The van der Waals surface area contributed by atoms with Crippen LogP contribution in [0.1, 0.15) is 46.5 Å². The highest BCUT2D eigenvalue weighted by Crippen LogP contribution is 2.16. The smallest absolute Gasteiger partial charge is 0.0443 e. The first kappa shape index (κ1) is 10.6. The Morgan fingerprint density at radius 1 is 1.54 bits per heavy atom. The van der Waals surface area contributed by atoms with Crippen LogP contribution >= 0.6 is 0 Å². The van der Waals surface area contributed by atoms with E-state index in [2.05, 4.69) is 37.1 Å². The van der Waals surface area contributed by atoms with Crippen molar-refractivity contribution in [2.75, 3.05) is 6.54 Å². The zero-order chi connectivity index (χ0) is 9.68. The lowest BCUT2D eigenvalue weighted by molar-refractivity contribution is 0.284. The van der Waals surface area contributed by atoms with Crippen molar-refractivity contribution in [1.82, 2.24) is 5.01 Å². The molecular weight excluding hydrogens is 160 g/mol. The van der Waals surface area contributed by atoms with E-state index < -0.39 is 0 Å². The van der Waals surface area contributed by atoms with Crippen LogP contribution in [0.4, 0.5) is 0 Å². The Labute approximate surface area is 82.0 Å². The summed E-state index contributed by atoms with van der Waals surface area (Å²) >= 11 is 0. The van der Waals surface area contributed by atoms with Crippen molar-refractivity contribution in [2.45, 2.75) is 52.5 Å². The molecule has 1 unspecified atom stereocenters. The quantitative estimate of drug-likeness (QED) is 0.610. The van der Waals surface area contributed by atoms with E-state index >= 15 is 0 Å². The average Bonchev–Trinajstić information content (AvgIpc) is 2.45. The van der Waals surface area contributed by atoms with Gasteiger partial charge in [0.2, 0.25) is 0 Å². The lowest BCUT2D eigenvalue weighted by atomic mass is 10.1. The van der Waals surface area contributed by atoms with E-state index in [4.69, 9.17) is 0 Å². The fourth-order valence-electron chi connectivity index (χ4n) is 1.66. The van der Waals surface area contributed by atoms with Crippen LogP contribution in [0, 0.1) is 5.92 Å². The van der Waals surface area contributed by atoms with Gasteiger partial charge in [-0.15, -0.1) is 0 Å². The van der Waals surface area contributed by atoms with Gasteiger partial charge in [0.05, 0.1) is 0 Å². The van der Waals surface area contributed by atoms with Gasteiger partial charge < -0.3 is 0 Å². The topological polar surface area (TPSA) is 15.6 Å². The number of hydrogen-bond acceptors (Lipinski definition) is 2. The van der Waals surface area contributed by atoms with E-state index in [0.29, 0.717) is 6.04 Å². The summed E-state index contributed by atoms with van der Waals surface area (Å²) in [6.45, 7) is 7.92. The Hall–Kier alpha value is -0.530. The largest absolute Gasteiger partial charge is 0.295 e. The molecule has 0 aliphatic carbocycles. The van der Waals surface area contributed by atoms with Crippen molar-refractivity contribution in [3.05, 3.63) is 0 Å². The Morgan fingerprint density at radius 2 is 2.31 bits per heavy atom. The molecule has 0 aromatic carbocycles. The summed E-state index contributed by atoms with van der Waals surface area (Å²) in [6.07, 6.45) is 7.08. The SMILES string of the molecule is CC(C)CC/C=N/N1CCCC1C. The number of hydrogen-bond donors (Lipinski definition) is 0. The van der Waals surface area contributed by atoms with E-state index in [-0.39, 0.29) is 0 Å². The standard InChI is InChI=1S/C11H22N2/c1-10(2)6-4-8-12-13-9-5-7-11(13)3/h8,10-11H,4-7,9H2,1-3H3/b12-8+. The molecule has 0 radical (unpaired) electrons. The molecule has 76 valence electrons. The summed E-state index contributed by atoms with van der Waals surface area (Å²) in [7, 11) is 0. The molecule has 1 aliphatic rings. The van der Waals surface area contributed by atoms with Gasteiger partial charge in [-0.2, -0.15) is 5.10 Å². The zero-order valence-corrected chi connectivity index (χ0v) is 9.16. The first-order chi connectivity index (χ1) is 6.20. The van der Waals surface area contributed by atoms with Gasteiger partial charge in [-0.05, 0) is 38.5 Å². The number of hydrazone groups is 1. The summed E-state index contributed by atoms with van der Waals surface area (Å²) in [5, 5.41) is 6.71. The van der Waals surface area contributed by atoms with Crippen LogP contribution in [0.5, 0.6) is 0 Å². The van der Waals surface area contributed by atoms with Crippen LogP contribution in [0.15, 0.2) is 5.10 Å². The summed E-state index contributed by atoms with van der Waals surface area (Å²) in [4.78, 5) is 0. The molecule has 0 aromatic rings. The third kappa shape index (κ3) is 3.79. The van der Waals surface area contributed by atoms with Gasteiger partial charge in [-0.25, -0.2) is 0 Å². The van der Waals surface area contributed by atoms with Crippen LogP contribution in [0.3, 0.4) is 0 Å². The van der Waals surface area contributed by atoms with Crippen molar-refractivity contribution < 1.29 is 0 Å².